The van der Waals surface area contributed by atoms with Gasteiger partial charge in [0.2, 0.25) is 0 Å². The van der Waals surface area contributed by atoms with E-state index in [1.165, 1.54) is 0 Å². The van der Waals surface area contributed by atoms with Crippen molar-refractivity contribution in [2.75, 3.05) is 13.2 Å². The normalized spacial score (nSPS) is 16.1. The van der Waals surface area contributed by atoms with Gasteiger partial charge in [0.15, 0.2) is 5.41 Å². The minimum atomic E-state index is -1.18. The fraction of sp³-hybridized carbons (Fsp3) is 0.500. The lowest BCUT2D eigenvalue weighted by Crippen LogP contribution is -2.43. The van der Waals surface area contributed by atoms with Crippen molar-refractivity contribution in [3.63, 3.8) is 0 Å². The number of esters is 2. The van der Waals surface area contributed by atoms with E-state index >= 15 is 0 Å². The van der Waals surface area contributed by atoms with Crippen LogP contribution in [0.25, 0.3) is 0 Å². The zero-order valence-electron chi connectivity index (χ0n) is 11.1. The highest BCUT2D eigenvalue weighted by Gasteiger charge is 2.52. The summed E-state index contributed by atoms with van der Waals surface area (Å²) < 4.78 is 10.2. The monoisotopic (exact) mass is 280 g/mol. The molecule has 1 aliphatic carbocycles. The minimum Gasteiger partial charge on any atom is -0.465 e. The molecule has 0 radical (unpaired) electrons. The van der Waals surface area contributed by atoms with Crippen molar-refractivity contribution in [1.82, 2.24) is 0 Å². The molecular formula is C14H17O4P. The van der Waals surface area contributed by atoms with E-state index in [1.54, 1.807) is 13.8 Å². The van der Waals surface area contributed by atoms with E-state index in [1.807, 2.05) is 17.7 Å². The van der Waals surface area contributed by atoms with Crippen LogP contribution in [-0.4, -0.2) is 25.2 Å². The topological polar surface area (TPSA) is 52.6 Å². The number of hydrogen-bond donors (Lipinski definition) is 0. The standard InChI is InChI=1S/C14H17O4P/c1-3-17-12(15)14(13(16)18-4-2)7-10-5-6-19-9-11(10)8-14/h5-6,9H,3-4,7-8H2,1-2H3. The molecule has 4 nitrogen and oxygen atoms in total. The van der Waals surface area contributed by atoms with Crippen LogP contribution >= 0.6 is 8.19 Å². The largest absolute Gasteiger partial charge is 0.465 e. The summed E-state index contributed by atoms with van der Waals surface area (Å²) in [5.41, 5.74) is 0.919. The van der Waals surface area contributed by atoms with Crippen LogP contribution in [0.3, 0.4) is 0 Å². The number of hydrogen-bond acceptors (Lipinski definition) is 4. The Kier molecular flexibility index (Phi) is 4.20. The number of ether oxygens (including phenoxy) is 2. The lowest BCUT2D eigenvalue weighted by molar-refractivity contribution is -0.171. The maximum absolute atomic E-state index is 12.2. The van der Waals surface area contributed by atoms with E-state index in [-0.39, 0.29) is 13.2 Å². The number of carbonyl (C=O) groups is 2. The minimum absolute atomic E-state index is 0.266. The molecule has 1 heterocycles. The molecule has 19 heavy (non-hydrogen) atoms. The van der Waals surface area contributed by atoms with Gasteiger partial charge in [0, 0.05) is 6.42 Å². The molecule has 0 atom stereocenters. The van der Waals surface area contributed by atoms with E-state index in [0.717, 1.165) is 19.3 Å². The zero-order valence-corrected chi connectivity index (χ0v) is 12.0. The van der Waals surface area contributed by atoms with Crippen LogP contribution in [0, 0.1) is 5.41 Å². The van der Waals surface area contributed by atoms with Crippen molar-refractivity contribution in [2.24, 2.45) is 5.41 Å². The molecule has 5 heteroatoms. The predicted molar refractivity (Wildman–Crippen MR) is 72.1 cm³/mol. The summed E-state index contributed by atoms with van der Waals surface area (Å²) >= 11 is 0. The van der Waals surface area contributed by atoms with Gasteiger partial charge in [-0.3, -0.25) is 9.59 Å². The van der Waals surface area contributed by atoms with Crippen molar-refractivity contribution < 1.29 is 19.1 Å². The summed E-state index contributed by atoms with van der Waals surface area (Å²) in [5.74, 6) is 3.10. The molecule has 1 aromatic heterocycles. The second-order valence-corrected chi connectivity index (χ2v) is 5.38. The molecule has 0 fully saturated rings. The third-order valence-electron chi connectivity index (χ3n) is 3.32. The van der Waals surface area contributed by atoms with Gasteiger partial charge in [0.1, 0.15) is 0 Å². The Morgan fingerprint density at radius 1 is 1.16 bits per heavy atom. The average Bonchev–Trinajstić information content (AvgIpc) is 2.80. The Bertz CT molecular complexity index is 453. The molecule has 2 rings (SSSR count). The summed E-state index contributed by atoms with van der Waals surface area (Å²) in [6, 6.07) is 1.98. The lowest BCUT2D eigenvalue weighted by atomic mass is 9.85. The first-order chi connectivity index (χ1) is 9.14. The fourth-order valence-corrected chi connectivity index (χ4v) is 3.20. The van der Waals surface area contributed by atoms with Crippen molar-refractivity contribution in [1.29, 1.82) is 0 Å². The molecule has 0 spiro atoms. The first-order valence-corrected chi connectivity index (χ1v) is 7.43. The molecule has 0 aromatic carbocycles. The summed E-state index contributed by atoms with van der Waals surface area (Å²) in [5, 5.41) is 0. The average molecular weight is 280 g/mol. The van der Waals surface area contributed by atoms with Crippen LogP contribution in [0.4, 0.5) is 0 Å². The first-order valence-electron chi connectivity index (χ1n) is 6.40. The van der Waals surface area contributed by atoms with Crippen LogP contribution in [0.1, 0.15) is 25.0 Å². The van der Waals surface area contributed by atoms with Gasteiger partial charge in [-0.15, -0.1) is 0 Å². The summed E-state index contributed by atoms with van der Waals surface area (Å²) in [6.45, 7) is 4.01. The maximum Gasteiger partial charge on any atom is 0.324 e. The van der Waals surface area contributed by atoms with Gasteiger partial charge in [0.25, 0.3) is 0 Å². The smallest absolute Gasteiger partial charge is 0.324 e. The number of fused-ring (bicyclic) bond motifs is 1. The van der Waals surface area contributed by atoms with Crippen LogP contribution in [0.15, 0.2) is 17.7 Å². The molecule has 1 aromatic rings. The highest BCUT2D eigenvalue weighted by Crippen LogP contribution is 2.40. The fourth-order valence-electron chi connectivity index (χ4n) is 2.41. The quantitative estimate of drug-likeness (QED) is 0.628. The van der Waals surface area contributed by atoms with Gasteiger partial charge in [-0.2, -0.15) is 0 Å². The van der Waals surface area contributed by atoms with Gasteiger partial charge >= 0.3 is 11.9 Å². The lowest BCUT2D eigenvalue weighted by Gasteiger charge is -2.23. The molecule has 0 saturated heterocycles. The highest BCUT2D eigenvalue weighted by atomic mass is 31.0. The molecule has 0 saturated carbocycles. The van der Waals surface area contributed by atoms with Crippen LogP contribution < -0.4 is 0 Å². The van der Waals surface area contributed by atoms with Crippen molar-refractivity contribution >= 4 is 20.1 Å². The second kappa shape index (κ2) is 5.70. The van der Waals surface area contributed by atoms with Gasteiger partial charge < -0.3 is 9.47 Å². The Morgan fingerprint density at radius 2 is 1.74 bits per heavy atom. The van der Waals surface area contributed by atoms with Gasteiger partial charge in [0.05, 0.1) is 13.2 Å². The highest BCUT2D eigenvalue weighted by molar-refractivity contribution is 7.28. The molecule has 1 aliphatic rings. The third kappa shape index (κ3) is 2.50. The third-order valence-corrected chi connectivity index (χ3v) is 4.10. The van der Waals surface area contributed by atoms with Crippen molar-refractivity contribution in [3.05, 3.63) is 28.8 Å². The number of carbonyl (C=O) groups excluding carboxylic acids is 2. The summed E-state index contributed by atoms with van der Waals surface area (Å²) in [7, 11) is 1.08. The van der Waals surface area contributed by atoms with Crippen LogP contribution in [-0.2, 0) is 31.9 Å². The van der Waals surface area contributed by atoms with Gasteiger partial charge in [-0.25, -0.2) is 0 Å². The Balaban J connectivity index is 2.34. The van der Waals surface area contributed by atoms with E-state index < -0.39 is 17.4 Å². The van der Waals surface area contributed by atoms with Crippen molar-refractivity contribution in [2.45, 2.75) is 26.7 Å². The molecule has 102 valence electrons. The molecule has 0 unspecified atom stereocenters. The predicted octanol–water partition coefficient (Wildman–Crippen LogP) is 2.48. The second-order valence-electron chi connectivity index (χ2n) is 4.52. The summed E-state index contributed by atoms with van der Waals surface area (Å²) in [4.78, 5) is 24.5. The maximum atomic E-state index is 12.2. The molecule has 0 bridgehead atoms. The van der Waals surface area contributed by atoms with Gasteiger partial charge in [-0.05, 0) is 43.0 Å². The Labute approximate surface area is 114 Å². The number of rotatable bonds is 4. The summed E-state index contributed by atoms with van der Waals surface area (Å²) in [6.07, 6.45) is 0.764. The Morgan fingerprint density at radius 3 is 2.26 bits per heavy atom. The van der Waals surface area contributed by atoms with E-state index in [9.17, 15) is 9.59 Å². The first kappa shape index (κ1) is 14.0. The Hall–Kier alpha value is -1.41. The van der Waals surface area contributed by atoms with E-state index in [2.05, 4.69) is 0 Å². The van der Waals surface area contributed by atoms with Crippen LogP contribution in [0.5, 0.6) is 0 Å². The van der Waals surface area contributed by atoms with E-state index in [4.69, 9.17) is 9.47 Å². The SMILES string of the molecule is CCOC(=O)C1(C(=O)OCC)Cc2ccpcc2C1. The zero-order chi connectivity index (χ0) is 13.9. The van der Waals surface area contributed by atoms with Gasteiger partial charge in [-0.1, -0.05) is 14.3 Å². The molecule has 0 amide bonds. The van der Waals surface area contributed by atoms with Crippen LogP contribution in [0.2, 0.25) is 0 Å². The van der Waals surface area contributed by atoms with E-state index in [0.29, 0.717) is 12.8 Å². The molecular weight excluding hydrogens is 263 g/mol. The van der Waals surface area contributed by atoms with Crippen molar-refractivity contribution in [3.8, 4) is 0 Å². The molecule has 0 N–H and O–H groups in total. The molecule has 0 aliphatic heterocycles.